The molecule has 4 rings (SSSR count). The number of carbonyl (C=O) groups is 1. The molecule has 9 heteroatoms. The molecule has 5 nitrogen and oxygen atoms in total. The van der Waals surface area contributed by atoms with Gasteiger partial charge in [-0.05, 0) is 54.6 Å². The summed E-state index contributed by atoms with van der Waals surface area (Å²) in [7, 11) is 1.50. The molecule has 0 aliphatic rings. The lowest BCUT2D eigenvalue weighted by atomic mass is 10.2. The highest BCUT2D eigenvalue weighted by Gasteiger charge is 2.13. The van der Waals surface area contributed by atoms with E-state index < -0.39 is 0 Å². The van der Waals surface area contributed by atoms with Gasteiger partial charge in [-0.25, -0.2) is 4.98 Å². The van der Waals surface area contributed by atoms with Gasteiger partial charge in [0.2, 0.25) is 11.8 Å². The van der Waals surface area contributed by atoms with E-state index >= 15 is 0 Å². The van der Waals surface area contributed by atoms with Crippen LogP contribution in [0.3, 0.4) is 0 Å². The van der Waals surface area contributed by atoms with Crippen LogP contribution in [-0.2, 0) is 4.79 Å². The number of benzene rings is 3. The molecular weight excluding hydrogens is 539 g/mol. The highest BCUT2D eigenvalue weighted by molar-refractivity contribution is 9.10. The van der Waals surface area contributed by atoms with Crippen molar-refractivity contribution in [2.45, 2.75) is 0 Å². The molecule has 1 amide bonds. The Balaban J connectivity index is 1.55. The number of hydrogen-bond acceptors (Lipinski definition) is 4. The van der Waals surface area contributed by atoms with Gasteiger partial charge in [-0.3, -0.25) is 4.79 Å². The van der Waals surface area contributed by atoms with Crippen molar-refractivity contribution in [2.24, 2.45) is 0 Å². The normalized spacial score (nSPS) is 11.3. The summed E-state index contributed by atoms with van der Waals surface area (Å²) in [5.74, 6) is 0.476. The summed E-state index contributed by atoms with van der Waals surface area (Å²) in [5, 5.41) is 4.11. The van der Waals surface area contributed by atoms with Gasteiger partial charge < -0.3 is 14.5 Å². The third-order valence-electron chi connectivity index (χ3n) is 4.47. The van der Waals surface area contributed by atoms with E-state index in [4.69, 9.17) is 44.0 Å². The zero-order valence-corrected chi connectivity index (χ0v) is 20.3. The molecule has 0 atom stereocenters. The predicted molar refractivity (Wildman–Crippen MR) is 133 cm³/mol. The second-order valence-corrected chi connectivity index (χ2v) is 8.82. The number of methoxy groups -OCH3 is 1. The molecule has 3 aromatic carbocycles. The van der Waals surface area contributed by atoms with Gasteiger partial charge in [0.1, 0.15) is 11.3 Å². The summed E-state index contributed by atoms with van der Waals surface area (Å²) in [5.41, 5.74) is 2.97. The zero-order valence-electron chi connectivity index (χ0n) is 16.5. The maximum absolute atomic E-state index is 12.4. The van der Waals surface area contributed by atoms with E-state index in [2.05, 4.69) is 26.2 Å². The third kappa shape index (κ3) is 4.94. The van der Waals surface area contributed by atoms with E-state index in [1.807, 2.05) is 12.1 Å². The first-order valence-corrected chi connectivity index (χ1v) is 11.1. The monoisotopic (exact) mass is 550 g/mol. The Labute approximate surface area is 207 Å². The number of carbonyl (C=O) groups excluding carboxylic acids is 1. The molecular formula is C23H14BrCl3N2O3. The summed E-state index contributed by atoms with van der Waals surface area (Å²) in [6.07, 6.45) is 2.94. The standard InChI is InChI=1S/C23H14BrCl3N2O3/c1-31-22-12(8-14(25)10-18(22)27)2-7-21(30)28-15-4-6-20-19(11-15)29-23(32-20)16-9-13(24)3-5-17(16)26/h2-11H,1H3,(H,28,30)/b7-2+. The number of anilines is 1. The number of oxazole rings is 1. The van der Waals surface area contributed by atoms with E-state index in [9.17, 15) is 4.79 Å². The molecule has 0 spiro atoms. The predicted octanol–water partition coefficient (Wildman–Crippen LogP) is 7.88. The molecule has 0 aliphatic carbocycles. The fourth-order valence-corrected chi connectivity index (χ4v) is 4.20. The van der Waals surface area contributed by atoms with Crippen LogP contribution >= 0.6 is 50.7 Å². The number of halogens is 4. The van der Waals surface area contributed by atoms with Gasteiger partial charge in [-0.15, -0.1) is 0 Å². The van der Waals surface area contributed by atoms with Crippen LogP contribution < -0.4 is 10.1 Å². The molecule has 0 saturated carbocycles. The summed E-state index contributed by atoms with van der Waals surface area (Å²) in [6.45, 7) is 0. The number of hydrogen-bond donors (Lipinski definition) is 1. The van der Waals surface area contributed by atoms with Crippen LogP contribution in [-0.4, -0.2) is 18.0 Å². The number of rotatable bonds is 5. The summed E-state index contributed by atoms with van der Waals surface area (Å²) < 4.78 is 12.0. The minimum atomic E-state index is -0.346. The number of nitrogens with one attached hydrogen (secondary N) is 1. The van der Waals surface area contributed by atoms with Gasteiger partial charge >= 0.3 is 0 Å². The number of nitrogens with zero attached hydrogens (tertiary/aromatic N) is 1. The van der Waals surface area contributed by atoms with Crippen LogP contribution in [0.2, 0.25) is 15.1 Å². The Morgan fingerprint density at radius 2 is 1.91 bits per heavy atom. The average molecular weight is 553 g/mol. The van der Waals surface area contributed by atoms with E-state index in [0.29, 0.717) is 54.6 Å². The lowest BCUT2D eigenvalue weighted by molar-refractivity contribution is -0.111. The molecule has 1 N–H and O–H groups in total. The molecule has 32 heavy (non-hydrogen) atoms. The van der Waals surface area contributed by atoms with Gasteiger partial charge in [0.05, 0.1) is 22.7 Å². The maximum atomic E-state index is 12.4. The van der Waals surface area contributed by atoms with Crippen LogP contribution in [0.5, 0.6) is 5.75 Å². The van der Waals surface area contributed by atoms with Crippen LogP contribution in [0, 0.1) is 0 Å². The molecule has 0 radical (unpaired) electrons. The van der Waals surface area contributed by atoms with Crippen molar-refractivity contribution in [1.29, 1.82) is 0 Å². The Bertz CT molecular complexity index is 1370. The van der Waals surface area contributed by atoms with Gasteiger partial charge in [-0.1, -0.05) is 50.7 Å². The van der Waals surface area contributed by atoms with Crippen molar-refractivity contribution in [3.05, 3.63) is 79.7 Å². The fraction of sp³-hybridized carbons (Fsp3) is 0.0435. The highest BCUT2D eigenvalue weighted by atomic mass is 79.9. The van der Waals surface area contributed by atoms with Crippen LogP contribution in [0.1, 0.15) is 5.56 Å². The van der Waals surface area contributed by atoms with Crippen molar-refractivity contribution >= 4 is 79.5 Å². The lowest BCUT2D eigenvalue weighted by Gasteiger charge is -2.08. The summed E-state index contributed by atoms with van der Waals surface area (Å²) in [6, 6.07) is 13.8. The fourth-order valence-electron chi connectivity index (χ4n) is 3.05. The Morgan fingerprint density at radius 3 is 2.69 bits per heavy atom. The third-order valence-corrected chi connectivity index (χ3v) is 5.79. The molecule has 0 bridgehead atoms. The molecule has 0 aliphatic heterocycles. The van der Waals surface area contributed by atoms with Crippen molar-refractivity contribution in [1.82, 2.24) is 4.98 Å². The minimum Gasteiger partial charge on any atom is -0.495 e. The second-order valence-electron chi connectivity index (χ2n) is 6.66. The molecule has 4 aromatic rings. The SMILES string of the molecule is COc1c(Cl)cc(Cl)cc1/C=C/C(=O)Nc1ccc2oc(-c3cc(Br)ccc3Cl)nc2c1. The van der Waals surface area contributed by atoms with Crippen molar-refractivity contribution in [3.8, 4) is 17.2 Å². The van der Waals surface area contributed by atoms with Gasteiger partial charge in [0.15, 0.2) is 5.58 Å². The summed E-state index contributed by atoms with van der Waals surface area (Å²) >= 11 is 21.9. The quantitative estimate of drug-likeness (QED) is 0.256. The first-order valence-electron chi connectivity index (χ1n) is 9.22. The first-order chi connectivity index (χ1) is 15.3. The molecule has 0 saturated heterocycles. The lowest BCUT2D eigenvalue weighted by Crippen LogP contribution is -2.07. The van der Waals surface area contributed by atoms with E-state index in [1.165, 1.54) is 13.2 Å². The Morgan fingerprint density at radius 1 is 1.09 bits per heavy atom. The zero-order chi connectivity index (χ0) is 22.8. The molecule has 0 unspecified atom stereocenters. The van der Waals surface area contributed by atoms with Crippen molar-refractivity contribution in [3.63, 3.8) is 0 Å². The summed E-state index contributed by atoms with van der Waals surface area (Å²) in [4.78, 5) is 16.9. The Hall–Kier alpha value is -2.51. The van der Waals surface area contributed by atoms with Crippen molar-refractivity contribution < 1.29 is 13.9 Å². The smallest absolute Gasteiger partial charge is 0.248 e. The molecule has 0 fully saturated rings. The van der Waals surface area contributed by atoms with Crippen molar-refractivity contribution in [2.75, 3.05) is 12.4 Å². The maximum Gasteiger partial charge on any atom is 0.248 e. The Kier molecular flexibility index (Phi) is 6.76. The van der Waals surface area contributed by atoms with Crippen LogP contribution in [0.25, 0.3) is 28.6 Å². The molecule has 162 valence electrons. The van der Waals surface area contributed by atoms with Gasteiger partial charge in [0.25, 0.3) is 0 Å². The molecule has 1 aromatic heterocycles. The van der Waals surface area contributed by atoms with Crippen LogP contribution in [0.15, 0.2) is 63.5 Å². The van der Waals surface area contributed by atoms with E-state index in [-0.39, 0.29) is 5.91 Å². The van der Waals surface area contributed by atoms with Gasteiger partial charge in [0, 0.05) is 26.8 Å². The van der Waals surface area contributed by atoms with E-state index in [0.717, 1.165) is 4.47 Å². The largest absolute Gasteiger partial charge is 0.495 e. The number of amides is 1. The average Bonchev–Trinajstić information content (AvgIpc) is 3.17. The number of aromatic nitrogens is 1. The topological polar surface area (TPSA) is 64.4 Å². The highest BCUT2D eigenvalue weighted by Crippen LogP contribution is 2.34. The molecule has 1 heterocycles. The number of fused-ring (bicyclic) bond motifs is 1. The number of ether oxygens (including phenoxy) is 1. The minimum absolute atomic E-state index is 0.346. The van der Waals surface area contributed by atoms with E-state index in [1.54, 1.807) is 42.5 Å². The first kappa shape index (κ1) is 22.7. The van der Waals surface area contributed by atoms with Crippen LogP contribution in [0.4, 0.5) is 5.69 Å². The second kappa shape index (κ2) is 9.55. The van der Waals surface area contributed by atoms with Gasteiger partial charge in [-0.2, -0.15) is 0 Å².